The van der Waals surface area contributed by atoms with Gasteiger partial charge in [0.2, 0.25) is 0 Å². The molecule has 0 fully saturated rings. The predicted molar refractivity (Wildman–Crippen MR) is 225 cm³/mol. The molecule has 0 aliphatic carbocycles. The van der Waals surface area contributed by atoms with Gasteiger partial charge < -0.3 is 9.13 Å². The molecule has 2 nitrogen and oxygen atoms in total. The van der Waals surface area contributed by atoms with Crippen LogP contribution in [0.15, 0.2) is 170 Å². The number of aryl methyl sites for hydroxylation is 4. The van der Waals surface area contributed by atoms with Crippen molar-refractivity contribution in [2.45, 2.75) is 27.7 Å². The third kappa shape index (κ3) is 5.68. The van der Waals surface area contributed by atoms with Crippen molar-refractivity contribution >= 4 is 67.7 Å². The van der Waals surface area contributed by atoms with Crippen LogP contribution in [0.1, 0.15) is 22.3 Å². The minimum absolute atomic E-state index is 0.736. The fourth-order valence-electron chi connectivity index (χ4n) is 7.72. The molecule has 0 aliphatic heterocycles. The first-order chi connectivity index (χ1) is 25.2. The lowest BCUT2D eigenvalue weighted by molar-refractivity contribution is 0.591. The highest BCUT2D eigenvalue weighted by Gasteiger charge is 2.38. The Hall–Kier alpha value is -5.26. The SMILES string of the molecule is Cc1cccc(P(=O)(c2cccc(C)c2)c2ccc3ccccc3c2-c2c(P(=O)(c3cccc(C)c3)c3cccc(C)c3)ccc3ccccc23)c1. The van der Waals surface area contributed by atoms with Crippen molar-refractivity contribution in [1.82, 2.24) is 0 Å². The van der Waals surface area contributed by atoms with E-state index in [0.29, 0.717) is 0 Å². The van der Waals surface area contributed by atoms with E-state index >= 15 is 9.13 Å². The molecule has 8 rings (SSSR count). The Kier molecular flexibility index (Phi) is 8.71. The van der Waals surface area contributed by atoms with E-state index in [1.807, 2.05) is 125 Å². The first kappa shape index (κ1) is 33.9. The standard InChI is InChI=1S/C48H40O2P2/c1-33-13-9-19-39(29-33)51(49,40-20-10-14-34(2)30-40)45-27-25-37-17-5-7-23-43(37)47(45)48-44-24-8-6-18-38(44)26-28-46(48)52(50,41-21-11-15-35(3)31-41)42-22-12-16-36(4)32-42/h5-32H,1-4H3. The van der Waals surface area contributed by atoms with Gasteiger partial charge in [0, 0.05) is 43.0 Å². The van der Waals surface area contributed by atoms with Crippen molar-refractivity contribution in [3.05, 3.63) is 192 Å². The van der Waals surface area contributed by atoms with Gasteiger partial charge in [0.25, 0.3) is 0 Å². The number of hydrogen-bond acceptors (Lipinski definition) is 2. The van der Waals surface area contributed by atoms with Crippen LogP contribution in [0.2, 0.25) is 0 Å². The molecular weight excluding hydrogens is 670 g/mol. The fraction of sp³-hybridized carbons (Fsp3) is 0.0833. The average Bonchev–Trinajstić information content (AvgIpc) is 3.16. The number of rotatable bonds is 7. The van der Waals surface area contributed by atoms with E-state index < -0.39 is 14.3 Å². The lowest BCUT2D eigenvalue weighted by Gasteiger charge is -2.29. The summed E-state index contributed by atoms with van der Waals surface area (Å²) in [4.78, 5) is 0. The van der Waals surface area contributed by atoms with Crippen molar-refractivity contribution in [3.63, 3.8) is 0 Å². The summed E-state index contributed by atoms with van der Waals surface area (Å²) in [5, 5.41) is 8.57. The monoisotopic (exact) mass is 710 g/mol. The van der Waals surface area contributed by atoms with Crippen molar-refractivity contribution in [1.29, 1.82) is 0 Å². The first-order valence-electron chi connectivity index (χ1n) is 17.7. The van der Waals surface area contributed by atoms with Crippen molar-refractivity contribution in [3.8, 4) is 11.1 Å². The van der Waals surface area contributed by atoms with E-state index in [-0.39, 0.29) is 0 Å². The second-order valence-electron chi connectivity index (χ2n) is 13.9. The van der Waals surface area contributed by atoms with Gasteiger partial charge >= 0.3 is 0 Å². The Balaban J connectivity index is 1.60. The zero-order valence-electron chi connectivity index (χ0n) is 29.9. The summed E-state index contributed by atoms with van der Waals surface area (Å²) in [5.41, 5.74) is 5.89. The van der Waals surface area contributed by atoms with Crippen LogP contribution < -0.4 is 31.8 Å². The smallest absolute Gasteiger partial charge is 0.171 e. The van der Waals surface area contributed by atoms with E-state index in [1.54, 1.807) is 0 Å². The molecule has 0 saturated carbocycles. The maximum absolute atomic E-state index is 16.6. The van der Waals surface area contributed by atoms with Gasteiger partial charge in [-0.15, -0.1) is 0 Å². The molecular formula is C48H40O2P2. The molecule has 0 radical (unpaired) electrons. The number of fused-ring (bicyclic) bond motifs is 2. The highest BCUT2D eigenvalue weighted by Crippen LogP contribution is 2.52. The number of hydrogen-bond donors (Lipinski definition) is 0. The summed E-state index contributed by atoms with van der Waals surface area (Å²) >= 11 is 0. The molecule has 4 heteroatoms. The highest BCUT2D eigenvalue weighted by atomic mass is 31.2. The molecule has 0 atom stereocenters. The summed E-state index contributed by atoms with van der Waals surface area (Å²) in [6, 6.07) is 57.5. The summed E-state index contributed by atoms with van der Waals surface area (Å²) < 4.78 is 33.2. The van der Waals surface area contributed by atoms with Crippen molar-refractivity contribution in [2.24, 2.45) is 0 Å². The van der Waals surface area contributed by atoms with E-state index in [2.05, 4.69) is 72.8 Å². The van der Waals surface area contributed by atoms with Gasteiger partial charge in [-0.2, -0.15) is 0 Å². The van der Waals surface area contributed by atoms with E-state index in [1.165, 1.54) is 0 Å². The third-order valence-electron chi connectivity index (χ3n) is 10.2. The van der Waals surface area contributed by atoms with E-state index in [4.69, 9.17) is 0 Å². The van der Waals surface area contributed by atoms with Gasteiger partial charge in [-0.25, -0.2) is 0 Å². The van der Waals surface area contributed by atoms with Gasteiger partial charge in [-0.1, -0.05) is 156 Å². The van der Waals surface area contributed by atoms with Crippen LogP contribution >= 0.6 is 14.3 Å². The molecule has 254 valence electrons. The Morgan fingerprint density at radius 1 is 0.327 bits per heavy atom. The van der Waals surface area contributed by atoms with E-state index in [9.17, 15) is 0 Å². The summed E-state index contributed by atoms with van der Waals surface area (Å²) in [6.45, 7) is 8.20. The zero-order valence-corrected chi connectivity index (χ0v) is 31.7. The lowest BCUT2D eigenvalue weighted by atomic mass is 9.93. The van der Waals surface area contributed by atoms with Gasteiger partial charge in [0.1, 0.15) is 0 Å². The van der Waals surface area contributed by atoms with Crippen LogP contribution in [0.3, 0.4) is 0 Å². The minimum atomic E-state index is -3.54. The van der Waals surface area contributed by atoms with Crippen LogP contribution in [0.25, 0.3) is 32.7 Å². The molecule has 8 aromatic rings. The fourth-order valence-corrected chi connectivity index (χ4v) is 13.8. The highest BCUT2D eigenvalue weighted by molar-refractivity contribution is 7.86. The second kappa shape index (κ2) is 13.4. The Morgan fingerprint density at radius 2 is 0.635 bits per heavy atom. The molecule has 52 heavy (non-hydrogen) atoms. The van der Waals surface area contributed by atoms with Crippen LogP contribution in [-0.4, -0.2) is 0 Å². The van der Waals surface area contributed by atoms with Gasteiger partial charge in [-0.3, -0.25) is 0 Å². The van der Waals surface area contributed by atoms with Crippen molar-refractivity contribution < 1.29 is 9.13 Å². The normalized spacial score (nSPS) is 12.0. The quantitative estimate of drug-likeness (QED) is 0.154. The molecule has 0 bridgehead atoms. The Morgan fingerprint density at radius 3 is 0.942 bits per heavy atom. The minimum Gasteiger partial charge on any atom is -0.309 e. The lowest BCUT2D eigenvalue weighted by Crippen LogP contribution is -2.30. The molecule has 0 saturated heterocycles. The largest absolute Gasteiger partial charge is 0.309 e. The maximum Gasteiger partial charge on any atom is 0.171 e. The molecule has 0 unspecified atom stereocenters. The summed E-state index contributed by atoms with van der Waals surface area (Å²) in [7, 11) is -7.07. The molecule has 8 aromatic carbocycles. The summed E-state index contributed by atoms with van der Waals surface area (Å²) in [5.74, 6) is 0. The van der Waals surface area contributed by atoms with Gasteiger partial charge in [-0.05, 0) is 85.6 Å². The third-order valence-corrected chi connectivity index (χ3v) is 16.3. The molecule has 0 heterocycles. The van der Waals surface area contributed by atoms with Gasteiger partial charge in [0.05, 0.1) is 0 Å². The van der Waals surface area contributed by atoms with Gasteiger partial charge in [0.15, 0.2) is 14.3 Å². The number of benzene rings is 8. The predicted octanol–water partition coefficient (Wildman–Crippen LogP) is 10.2. The zero-order chi connectivity index (χ0) is 36.0. The van der Waals surface area contributed by atoms with Crippen LogP contribution in [-0.2, 0) is 9.13 Å². The molecule has 0 aliphatic rings. The van der Waals surface area contributed by atoms with Crippen molar-refractivity contribution in [2.75, 3.05) is 0 Å². The topological polar surface area (TPSA) is 34.1 Å². The second-order valence-corrected chi connectivity index (χ2v) is 19.4. The van der Waals surface area contributed by atoms with Crippen LogP contribution in [0, 0.1) is 27.7 Å². The average molecular weight is 711 g/mol. The van der Waals surface area contributed by atoms with Crippen LogP contribution in [0.4, 0.5) is 0 Å². The first-order valence-corrected chi connectivity index (χ1v) is 21.1. The Labute approximate surface area is 306 Å². The molecule has 0 N–H and O–H groups in total. The van der Waals surface area contributed by atoms with Crippen LogP contribution in [0.5, 0.6) is 0 Å². The molecule has 0 amide bonds. The Bertz CT molecular complexity index is 2470. The molecule has 0 aromatic heterocycles. The van der Waals surface area contributed by atoms with E-state index in [0.717, 1.165) is 86.8 Å². The maximum atomic E-state index is 16.6. The summed E-state index contributed by atoms with van der Waals surface area (Å²) in [6.07, 6.45) is 0. The molecule has 0 spiro atoms.